The van der Waals surface area contributed by atoms with Crippen LogP contribution in [-0.2, 0) is 14.2 Å². The molecule has 0 bridgehead atoms. The van der Waals surface area contributed by atoms with Gasteiger partial charge in [0.2, 0.25) is 0 Å². The van der Waals surface area contributed by atoms with Gasteiger partial charge in [-0.2, -0.15) is 10.5 Å². The molecule has 0 amide bonds. The van der Waals surface area contributed by atoms with Crippen molar-refractivity contribution in [3.63, 3.8) is 0 Å². The van der Waals surface area contributed by atoms with E-state index in [4.69, 9.17) is 23.9 Å². The minimum absolute atomic E-state index is 0.0827. The Hall–Kier alpha value is -6.21. The molecule has 9 nitrogen and oxygen atoms in total. The summed E-state index contributed by atoms with van der Waals surface area (Å²) in [6, 6.07) is 39.1. The quantitative estimate of drug-likeness (QED) is 0.0735. The molecule has 0 spiro atoms. The summed E-state index contributed by atoms with van der Waals surface area (Å²) >= 11 is 2.96. The summed E-state index contributed by atoms with van der Waals surface area (Å²) in [6.45, 7) is 3.95. The van der Waals surface area contributed by atoms with Crippen molar-refractivity contribution in [2.24, 2.45) is 0 Å². The Morgan fingerprint density at radius 3 is 2.38 bits per heavy atom. The Balaban J connectivity index is 1.22. The summed E-state index contributed by atoms with van der Waals surface area (Å²) in [5.41, 5.74) is 5.83. The number of hydrogen-bond donors (Lipinski definition) is 1. The molecule has 3 heterocycles. The number of benzene rings is 5. The Labute approximate surface area is 331 Å². The number of carbonyl (C=O) groups is 1. The van der Waals surface area contributed by atoms with Gasteiger partial charge < -0.3 is 24.3 Å². The number of aromatic nitrogens is 1. The number of ether oxygens (including phenoxy) is 4. The summed E-state index contributed by atoms with van der Waals surface area (Å²) in [5, 5.41) is 26.9. The predicted molar refractivity (Wildman–Crippen MR) is 219 cm³/mol. The van der Waals surface area contributed by atoms with E-state index in [0.717, 1.165) is 48.6 Å². The number of esters is 1. The maximum Gasteiger partial charge on any atom is 0.338 e. The van der Waals surface area contributed by atoms with Gasteiger partial charge >= 0.3 is 5.97 Å². The van der Waals surface area contributed by atoms with Crippen molar-refractivity contribution in [3.05, 3.63) is 152 Å². The van der Waals surface area contributed by atoms with Gasteiger partial charge in [-0.3, -0.25) is 0 Å². The first-order valence-electron chi connectivity index (χ1n) is 18.1. The molecule has 56 heavy (non-hydrogen) atoms. The molecular formula is C45H34N4O5S2. The summed E-state index contributed by atoms with van der Waals surface area (Å²) in [7, 11) is 0. The molecule has 0 unspecified atom stereocenters. The van der Waals surface area contributed by atoms with Gasteiger partial charge in [0.1, 0.15) is 35.3 Å². The van der Waals surface area contributed by atoms with Crippen molar-refractivity contribution < 1.29 is 23.7 Å². The van der Waals surface area contributed by atoms with E-state index in [1.54, 1.807) is 12.1 Å². The van der Waals surface area contributed by atoms with Gasteiger partial charge in [0.15, 0.2) is 0 Å². The zero-order chi connectivity index (χ0) is 38.4. The van der Waals surface area contributed by atoms with E-state index in [-0.39, 0.29) is 13.2 Å². The van der Waals surface area contributed by atoms with E-state index in [1.807, 2.05) is 104 Å². The van der Waals surface area contributed by atoms with Crippen LogP contribution in [-0.4, -0.2) is 44.0 Å². The first kappa shape index (κ1) is 36.8. The highest BCUT2D eigenvalue weighted by Gasteiger charge is 2.27. The van der Waals surface area contributed by atoms with E-state index < -0.39 is 5.97 Å². The normalized spacial score (nSPS) is 14.0. The van der Waals surface area contributed by atoms with Crippen molar-refractivity contribution in [2.45, 2.75) is 18.2 Å². The predicted octanol–water partition coefficient (Wildman–Crippen LogP) is 8.38. The highest BCUT2D eigenvalue weighted by molar-refractivity contribution is 8.04. The molecule has 6 aromatic rings. The number of nitriles is 2. The second kappa shape index (κ2) is 16.7. The zero-order valence-corrected chi connectivity index (χ0v) is 32.0. The lowest BCUT2D eigenvalue weighted by atomic mass is 9.88. The molecule has 0 saturated carbocycles. The average Bonchev–Trinajstić information content (AvgIpc) is 3.86. The largest absolute Gasteiger partial charge is 0.460 e. The third-order valence-electron chi connectivity index (χ3n) is 9.20. The van der Waals surface area contributed by atoms with Crippen LogP contribution in [0.25, 0.3) is 26.9 Å². The van der Waals surface area contributed by atoms with Crippen LogP contribution in [0.15, 0.2) is 119 Å². The first-order valence-corrected chi connectivity index (χ1v) is 19.8. The van der Waals surface area contributed by atoms with Crippen LogP contribution in [0.2, 0.25) is 0 Å². The zero-order valence-electron chi connectivity index (χ0n) is 30.3. The third-order valence-corrected chi connectivity index (χ3v) is 11.3. The Morgan fingerprint density at radius 1 is 0.786 bits per heavy atom. The first-order chi connectivity index (χ1) is 27.6. The van der Waals surface area contributed by atoms with Crippen LogP contribution in [0.5, 0.6) is 11.5 Å². The van der Waals surface area contributed by atoms with Crippen molar-refractivity contribution in [3.8, 4) is 23.6 Å². The highest BCUT2D eigenvalue weighted by atomic mass is 32.2. The number of rotatable bonds is 12. The van der Waals surface area contributed by atoms with Gasteiger partial charge in [-0.15, -0.1) is 11.3 Å². The molecule has 0 radical (unpaired) electrons. The summed E-state index contributed by atoms with van der Waals surface area (Å²) < 4.78 is 24.4. The van der Waals surface area contributed by atoms with Crippen LogP contribution in [0.1, 0.15) is 45.4 Å². The molecule has 0 fully saturated rings. The second-order valence-electron chi connectivity index (χ2n) is 12.8. The van der Waals surface area contributed by atoms with E-state index in [2.05, 4.69) is 17.5 Å². The number of para-hydroxylation sites is 2. The lowest BCUT2D eigenvalue weighted by molar-refractivity contribution is 0.0147. The number of thioether (sulfide) groups is 1. The van der Waals surface area contributed by atoms with Gasteiger partial charge in [0.25, 0.3) is 0 Å². The fraction of sp³-hybridized carbons (Fsp3) is 0.156. The topological polar surface area (TPSA) is 126 Å². The number of thiazole rings is 1. The Bertz CT molecular complexity index is 2680. The monoisotopic (exact) mass is 774 g/mol. The number of nitrogens with one attached hydrogen (secondary N) is 1. The number of fused-ring (bicyclic) bond motifs is 4. The summed E-state index contributed by atoms with van der Waals surface area (Å²) in [5.74, 6) is 0.499. The molecule has 0 saturated heterocycles. The van der Waals surface area contributed by atoms with Crippen molar-refractivity contribution in [1.82, 2.24) is 4.98 Å². The number of nitrogens with zero attached hydrogens (tertiary/aromatic N) is 3. The average molecular weight is 775 g/mol. The number of anilines is 1. The van der Waals surface area contributed by atoms with E-state index >= 15 is 0 Å². The van der Waals surface area contributed by atoms with Gasteiger partial charge in [-0.1, -0.05) is 73.3 Å². The molecule has 0 atom stereocenters. The van der Waals surface area contributed by atoms with E-state index in [9.17, 15) is 15.3 Å². The smallest absolute Gasteiger partial charge is 0.338 e. The number of allylic oxidation sites excluding steroid dienone is 1. The summed E-state index contributed by atoms with van der Waals surface area (Å²) in [4.78, 5) is 19.5. The SMILES string of the molecule is CCCOCCOCCOC(=O)c1ccccc1C1=c2cc/c(=C(/C#N)c3nc4ccccc4s3)cc2Oc2cc(/C(C#N)=C3/Nc4ccccc4S3)ccc21. The lowest BCUT2D eigenvalue weighted by Gasteiger charge is -2.23. The number of carbonyl (C=O) groups excluding carboxylic acids is 1. The van der Waals surface area contributed by atoms with Crippen LogP contribution < -0.4 is 20.5 Å². The van der Waals surface area contributed by atoms with E-state index in [1.165, 1.54) is 23.1 Å². The molecule has 11 heteroatoms. The van der Waals surface area contributed by atoms with Crippen LogP contribution >= 0.6 is 23.1 Å². The maximum atomic E-state index is 13.7. The van der Waals surface area contributed by atoms with Gasteiger partial charge in [0, 0.05) is 27.9 Å². The van der Waals surface area contributed by atoms with Crippen molar-refractivity contribution >= 4 is 61.7 Å². The van der Waals surface area contributed by atoms with E-state index in [0.29, 0.717) is 69.4 Å². The lowest BCUT2D eigenvalue weighted by Crippen LogP contribution is -2.22. The standard InChI is InChI=1S/C45H34N4O5S2/c1-2-19-51-20-21-52-22-23-53-45(50)31-10-4-3-9-30(31)42-32-17-15-28(34(26-46)43-48-36-11-5-7-13-40(36)55-43)24-38(32)54-39-25-29(16-18-33(39)42)35(27-47)44-49-37-12-6-8-14-41(37)56-44/h3-18,24-25,48H,2,19-23H2,1H3/b35-29+,43-34-. The highest BCUT2D eigenvalue weighted by Crippen LogP contribution is 2.45. The summed E-state index contributed by atoms with van der Waals surface area (Å²) in [6.07, 6.45) is 0.938. The minimum atomic E-state index is -0.488. The third kappa shape index (κ3) is 7.41. The van der Waals surface area contributed by atoms with Gasteiger partial charge in [-0.25, -0.2) is 9.78 Å². The molecule has 2 aliphatic rings. The maximum absolute atomic E-state index is 13.7. The van der Waals surface area contributed by atoms with Crippen LogP contribution in [0.3, 0.4) is 0 Å². The molecule has 5 aromatic carbocycles. The minimum Gasteiger partial charge on any atom is -0.460 e. The molecule has 2 aliphatic heterocycles. The second-order valence-corrected chi connectivity index (χ2v) is 14.9. The van der Waals surface area contributed by atoms with Crippen molar-refractivity contribution in [2.75, 3.05) is 38.4 Å². The van der Waals surface area contributed by atoms with Crippen molar-refractivity contribution in [1.29, 1.82) is 10.5 Å². The molecular weight excluding hydrogens is 741 g/mol. The fourth-order valence-corrected chi connectivity index (χ4v) is 8.60. The molecule has 0 aliphatic carbocycles. The number of hydrogen-bond acceptors (Lipinski definition) is 11. The Morgan fingerprint density at radius 2 is 1.55 bits per heavy atom. The molecule has 1 N–H and O–H groups in total. The van der Waals surface area contributed by atoms with Crippen LogP contribution in [0.4, 0.5) is 5.69 Å². The molecule has 8 rings (SSSR count). The van der Waals surface area contributed by atoms with Gasteiger partial charge in [0.05, 0.1) is 57.5 Å². The van der Waals surface area contributed by atoms with Gasteiger partial charge in [-0.05, 0) is 77.4 Å². The molecule has 276 valence electrons. The molecule has 1 aromatic heterocycles. The Kier molecular flexibility index (Phi) is 10.9. The van der Waals surface area contributed by atoms with Crippen LogP contribution in [0, 0.1) is 22.7 Å². The fourth-order valence-electron chi connectivity index (χ4n) is 6.60.